The number of rotatable bonds is 4. The van der Waals surface area contributed by atoms with Crippen LogP contribution >= 0.6 is 0 Å². The third-order valence-corrected chi connectivity index (χ3v) is 4.60. The van der Waals surface area contributed by atoms with E-state index in [1.54, 1.807) is 31.3 Å². The molecular weight excluding hydrogens is 328 g/mol. The second-order valence-corrected chi connectivity index (χ2v) is 6.30. The fourth-order valence-electron chi connectivity index (χ4n) is 3.07. The number of benzene rings is 2. The first-order valence-electron chi connectivity index (χ1n) is 8.54. The number of hydrogen-bond acceptors (Lipinski definition) is 3. The number of carbonyl (C=O) groups excluding carboxylic acids is 2. The van der Waals surface area contributed by atoms with Gasteiger partial charge in [0.25, 0.3) is 5.91 Å². The molecule has 2 amide bonds. The molecule has 134 valence electrons. The Morgan fingerprint density at radius 1 is 1.23 bits per heavy atom. The number of amides is 2. The average Bonchev–Trinajstić information content (AvgIpc) is 2.67. The molecule has 0 bridgehead atoms. The fourth-order valence-corrected chi connectivity index (χ4v) is 3.07. The zero-order valence-corrected chi connectivity index (χ0v) is 15.0. The molecule has 1 N–H and O–H groups in total. The summed E-state index contributed by atoms with van der Waals surface area (Å²) in [5.41, 5.74) is 3.34. The maximum absolute atomic E-state index is 12.6. The largest absolute Gasteiger partial charge is 0.493 e. The van der Waals surface area contributed by atoms with Crippen LogP contribution in [0.1, 0.15) is 33.9 Å². The van der Waals surface area contributed by atoms with Crippen LogP contribution in [-0.2, 0) is 4.79 Å². The summed E-state index contributed by atoms with van der Waals surface area (Å²) >= 11 is 0. The van der Waals surface area contributed by atoms with Gasteiger partial charge in [-0.15, -0.1) is 0 Å². The van der Waals surface area contributed by atoms with Gasteiger partial charge in [0.05, 0.1) is 12.6 Å². The van der Waals surface area contributed by atoms with Gasteiger partial charge < -0.3 is 15.0 Å². The highest BCUT2D eigenvalue weighted by Gasteiger charge is 2.24. The summed E-state index contributed by atoms with van der Waals surface area (Å²) in [5, 5.41) is 3.09. The number of ether oxygens (including phenoxy) is 1. The van der Waals surface area contributed by atoms with Crippen LogP contribution in [0.15, 0.2) is 55.1 Å². The van der Waals surface area contributed by atoms with Crippen molar-refractivity contribution in [3.63, 3.8) is 0 Å². The van der Waals surface area contributed by atoms with E-state index >= 15 is 0 Å². The van der Waals surface area contributed by atoms with Crippen molar-refractivity contribution in [1.82, 2.24) is 5.32 Å². The van der Waals surface area contributed by atoms with E-state index in [0.717, 1.165) is 23.3 Å². The second kappa shape index (κ2) is 7.44. The molecule has 5 nitrogen and oxygen atoms in total. The van der Waals surface area contributed by atoms with Crippen LogP contribution in [0.5, 0.6) is 5.75 Å². The molecule has 0 saturated heterocycles. The topological polar surface area (TPSA) is 58.6 Å². The Morgan fingerprint density at radius 2 is 1.96 bits per heavy atom. The minimum atomic E-state index is -0.198. The normalized spacial score (nSPS) is 15.4. The van der Waals surface area contributed by atoms with E-state index in [1.807, 2.05) is 25.1 Å². The van der Waals surface area contributed by atoms with Crippen molar-refractivity contribution in [1.29, 1.82) is 0 Å². The minimum Gasteiger partial charge on any atom is -0.493 e. The molecule has 1 aliphatic heterocycles. The van der Waals surface area contributed by atoms with Gasteiger partial charge in [-0.3, -0.25) is 9.59 Å². The molecule has 26 heavy (non-hydrogen) atoms. The lowest BCUT2D eigenvalue weighted by molar-refractivity contribution is -0.113. The van der Waals surface area contributed by atoms with E-state index in [4.69, 9.17) is 4.74 Å². The zero-order chi connectivity index (χ0) is 18.7. The molecule has 0 radical (unpaired) electrons. The van der Waals surface area contributed by atoms with E-state index < -0.39 is 0 Å². The van der Waals surface area contributed by atoms with Crippen LogP contribution in [0.4, 0.5) is 5.69 Å². The maximum Gasteiger partial charge on any atom is 0.251 e. The molecule has 0 spiro atoms. The van der Waals surface area contributed by atoms with E-state index in [0.29, 0.717) is 17.9 Å². The number of carbonyl (C=O) groups is 2. The third-order valence-electron chi connectivity index (χ3n) is 4.60. The van der Waals surface area contributed by atoms with E-state index in [-0.39, 0.29) is 17.9 Å². The van der Waals surface area contributed by atoms with E-state index in [9.17, 15) is 9.59 Å². The molecule has 0 fully saturated rings. The van der Waals surface area contributed by atoms with E-state index in [1.165, 1.54) is 11.0 Å². The van der Waals surface area contributed by atoms with Gasteiger partial charge in [0.15, 0.2) is 0 Å². The van der Waals surface area contributed by atoms with Gasteiger partial charge in [-0.2, -0.15) is 0 Å². The first-order valence-corrected chi connectivity index (χ1v) is 8.54. The highest BCUT2D eigenvalue weighted by molar-refractivity contribution is 6.01. The number of fused-ring (bicyclic) bond motifs is 1. The smallest absolute Gasteiger partial charge is 0.251 e. The van der Waals surface area contributed by atoms with Crippen LogP contribution in [0.25, 0.3) is 0 Å². The van der Waals surface area contributed by atoms with Gasteiger partial charge in [-0.1, -0.05) is 24.8 Å². The number of aryl methyl sites for hydroxylation is 1. The Morgan fingerprint density at radius 3 is 2.65 bits per heavy atom. The SMILES string of the molecule is C=CC(=O)N(C)c1ccc(C(=O)NC2CCOc3c(C)cccc32)cc1. The van der Waals surface area contributed by atoms with Crippen molar-refractivity contribution < 1.29 is 14.3 Å². The van der Waals surface area contributed by atoms with Crippen molar-refractivity contribution >= 4 is 17.5 Å². The lowest BCUT2D eigenvalue weighted by atomic mass is 9.97. The molecule has 1 heterocycles. The predicted molar refractivity (Wildman–Crippen MR) is 102 cm³/mol. The molecule has 1 unspecified atom stereocenters. The molecule has 1 atom stereocenters. The molecule has 0 aliphatic carbocycles. The Balaban J connectivity index is 1.74. The van der Waals surface area contributed by atoms with Crippen molar-refractivity contribution in [2.24, 2.45) is 0 Å². The maximum atomic E-state index is 12.6. The molecule has 1 aliphatic rings. The van der Waals surface area contributed by atoms with Gasteiger partial charge in [0.1, 0.15) is 5.75 Å². The Hall–Kier alpha value is -3.08. The van der Waals surface area contributed by atoms with Crippen molar-refractivity contribution in [3.8, 4) is 5.75 Å². The number of nitrogens with zero attached hydrogens (tertiary/aromatic N) is 1. The summed E-state index contributed by atoms with van der Waals surface area (Å²) in [5.74, 6) is 0.522. The number of nitrogens with one attached hydrogen (secondary N) is 1. The highest BCUT2D eigenvalue weighted by Crippen LogP contribution is 2.34. The number of anilines is 1. The van der Waals surface area contributed by atoms with Gasteiger partial charge >= 0.3 is 0 Å². The van der Waals surface area contributed by atoms with Crippen molar-refractivity contribution in [2.45, 2.75) is 19.4 Å². The standard InChI is InChI=1S/C21H22N2O3/c1-4-19(24)23(3)16-10-8-15(9-11-16)21(25)22-18-12-13-26-20-14(2)6-5-7-17(18)20/h4-11,18H,1,12-13H2,2-3H3,(H,22,25). The summed E-state index contributed by atoms with van der Waals surface area (Å²) in [7, 11) is 1.67. The molecule has 2 aromatic carbocycles. The van der Waals surface area contributed by atoms with Crippen LogP contribution < -0.4 is 15.0 Å². The monoisotopic (exact) mass is 350 g/mol. The zero-order valence-electron chi connectivity index (χ0n) is 15.0. The highest BCUT2D eigenvalue weighted by atomic mass is 16.5. The van der Waals surface area contributed by atoms with Crippen molar-refractivity contribution in [2.75, 3.05) is 18.6 Å². The number of likely N-dealkylation sites (N-methyl/N-ethyl adjacent to an activating group) is 1. The van der Waals surface area contributed by atoms with Crippen LogP contribution in [0.3, 0.4) is 0 Å². The van der Waals surface area contributed by atoms with Gasteiger partial charge in [-0.25, -0.2) is 0 Å². The summed E-state index contributed by atoms with van der Waals surface area (Å²) in [6, 6.07) is 12.8. The van der Waals surface area contributed by atoms with Crippen LogP contribution in [-0.4, -0.2) is 25.5 Å². The van der Waals surface area contributed by atoms with Gasteiger partial charge in [-0.05, 0) is 42.8 Å². The molecule has 2 aromatic rings. The Kier molecular flexibility index (Phi) is 5.07. The minimum absolute atomic E-state index is 0.0733. The molecular formula is C21H22N2O3. The first kappa shape index (κ1) is 17.7. The molecule has 0 saturated carbocycles. The van der Waals surface area contributed by atoms with Crippen LogP contribution in [0.2, 0.25) is 0 Å². The third kappa shape index (κ3) is 3.47. The molecule has 5 heteroatoms. The lowest BCUT2D eigenvalue weighted by Gasteiger charge is -2.28. The number of para-hydroxylation sites is 1. The van der Waals surface area contributed by atoms with Gasteiger partial charge in [0, 0.05) is 30.3 Å². The average molecular weight is 350 g/mol. The summed E-state index contributed by atoms with van der Waals surface area (Å²) < 4.78 is 5.75. The van der Waals surface area contributed by atoms with E-state index in [2.05, 4.69) is 11.9 Å². The van der Waals surface area contributed by atoms with Crippen molar-refractivity contribution in [3.05, 3.63) is 71.8 Å². The second-order valence-electron chi connectivity index (χ2n) is 6.30. The Labute approximate surface area is 153 Å². The quantitative estimate of drug-likeness (QED) is 0.860. The lowest BCUT2D eigenvalue weighted by Crippen LogP contribution is -2.32. The Bertz CT molecular complexity index is 843. The number of hydrogen-bond donors (Lipinski definition) is 1. The molecule has 0 aromatic heterocycles. The fraction of sp³-hybridized carbons (Fsp3) is 0.238. The predicted octanol–water partition coefficient (Wildman–Crippen LogP) is 3.40. The summed E-state index contributed by atoms with van der Waals surface area (Å²) in [6.45, 7) is 6.06. The summed E-state index contributed by atoms with van der Waals surface area (Å²) in [4.78, 5) is 25.8. The summed E-state index contributed by atoms with van der Waals surface area (Å²) in [6.07, 6.45) is 1.99. The van der Waals surface area contributed by atoms with Gasteiger partial charge in [0.2, 0.25) is 5.91 Å². The van der Waals surface area contributed by atoms with Crippen LogP contribution in [0, 0.1) is 6.92 Å². The molecule has 3 rings (SSSR count). The first-order chi connectivity index (χ1) is 12.5.